The quantitative estimate of drug-likeness (QED) is 0.613. The number of nitrogens with zero attached hydrogens (tertiary/aromatic N) is 2. The van der Waals surface area contributed by atoms with E-state index in [1.54, 1.807) is 12.1 Å². The Balaban J connectivity index is 1.95. The summed E-state index contributed by atoms with van der Waals surface area (Å²) in [6, 6.07) is 6.13. The van der Waals surface area contributed by atoms with Crippen molar-refractivity contribution in [3.8, 4) is 0 Å². The van der Waals surface area contributed by atoms with Crippen LogP contribution in [0.5, 0.6) is 0 Å². The molecule has 1 amide bonds. The zero-order valence-electron chi connectivity index (χ0n) is 14.4. The Labute approximate surface area is 182 Å². The van der Waals surface area contributed by atoms with Gasteiger partial charge in [0.15, 0.2) is 0 Å². The zero-order valence-corrected chi connectivity index (χ0v) is 18.2. The Bertz CT molecular complexity index is 1020. The number of amides is 1. The minimum absolute atomic E-state index is 0.00692. The summed E-state index contributed by atoms with van der Waals surface area (Å²) in [7, 11) is -3.76. The van der Waals surface area contributed by atoms with Gasteiger partial charge in [-0.1, -0.05) is 65.0 Å². The smallest absolute Gasteiger partial charge is 0.275 e. The van der Waals surface area contributed by atoms with Crippen LogP contribution < -0.4 is 5.32 Å². The first kappa shape index (κ1) is 21.6. The first-order chi connectivity index (χ1) is 13.2. The van der Waals surface area contributed by atoms with Gasteiger partial charge in [0, 0.05) is 13.1 Å². The average Bonchev–Trinajstić information content (AvgIpc) is 2.70. The van der Waals surface area contributed by atoms with Crippen molar-refractivity contribution in [2.75, 3.05) is 18.4 Å². The van der Waals surface area contributed by atoms with Crippen LogP contribution in [0.15, 0.2) is 29.2 Å². The Morgan fingerprint density at radius 1 is 0.964 bits per heavy atom. The number of aromatic nitrogens is 1. The van der Waals surface area contributed by atoms with Gasteiger partial charge in [-0.2, -0.15) is 4.31 Å². The number of para-hydroxylation sites is 1. The molecule has 0 radical (unpaired) electrons. The van der Waals surface area contributed by atoms with Crippen molar-refractivity contribution >= 4 is 68.0 Å². The summed E-state index contributed by atoms with van der Waals surface area (Å²) in [6.45, 7) is 0.890. The second-order valence-corrected chi connectivity index (χ2v) is 9.51. The van der Waals surface area contributed by atoms with E-state index >= 15 is 0 Å². The van der Waals surface area contributed by atoms with Crippen LogP contribution in [0.1, 0.15) is 29.8 Å². The number of piperidine rings is 1. The average molecular weight is 483 g/mol. The van der Waals surface area contributed by atoms with Gasteiger partial charge in [-0.25, -0.2) is 13.4 Å². The van der Waals surface area contributed by atoms with Gasteiger partial charge in [-0.15, -0.1) is 0 Å². The fourth-order valence-electron chi connectivity index (χ4n) is 2.86. The second-order valence-electron chi connectivity index (χ2n) is 6.11. The van der Waals surface area contributed by atoms with Gasteiger partial charge >= 0.3 is 0 Å². The third-order valence-electron chi connectivity index (χ3n) is 4.27. The summed E-state index contributed by atoms with van der Waals surface area (Å²) in [5.41, 5.74) is -0.149. The standard InChI is InChI=1S/C17H15Cl4N3O3S/c18-12-13(19)15(23-16(21)14(12)20)17(25)22-10-6-2-3-7-11(10)28(26,27)24-8-4-1-5-9-24/h2-3,6-7H,1,4-5,8-9H2,(H,22,25). The highest BCUT2D eigenvalue weighted by atomic mass is 35.5. The highest BCUT2D eigenvalue weighted by molar-refractivity contribution is 7.89. The molecular formula is C17H15Cl4N3O3S. The third kappa shape index (κ3) is 4.25. The predicted molar refractivity (Wildman–Crippen MR) is 111 cm³/mol. The van der Waals surface area contributed by atoms with Crippen LogP contribution in [0.3, 0.4) is 0 Å². The lowest BCUT2D eigenvalue weighted by Gasteiger charge is -2.26. The molecule has 1 aromatic heterocycles. The molecule has 0 spiro atoms. The lowest BCUT2D eigenvalue weighted by Crippen LogP contribution is -2.36. The molecule has 2 heterocycles. The number of sulfonamides is 1. The Hall–Kier alpha value is -1.09. The fourth-order valence-corrected chi connectivity index (χ4v) is 5.34. The molecule has 0 bridgehead atoms. The van der Waals surface area contributed by atoms with E-state index < -0.39 is 15.9 Å². The first-order valence-electron chi connectivity index (χ1n) is 8.34. The maximum atomic E-state index is 13.0. The predicted octanol–water partition coefficient (Wildman–Crippen LogP) is 5.12. The van der Waals surface area contributed by atoms with Crippen molar-refractivity contribution in [1.82, 2.24) is 9.29 Å². The molecule has 1 aliphatic heterocycles. The molecular weight excluding hydrogens is 468 g/mol. The van der Waals surface area contributed by atoms with E-state index in [1.807, 2.05) is 0 Å². The van der Waals surface area contributed by atoms with Gasteiger partial charge in [0.1, 0.15) is 15.7 Å². The highest BCUT2D eigenvalue weighted by Gasteiger charge is 2.29. The molecule has 11 heteroatoms. The van der Waals surface area contributed by atoms with Gasteiger partial charge in [-0.05, 0) is 25.0 Å². The number of hydrogen-bond acceptors (Lipinski definition) is 4. The number of halogens is 4. The number of benzene rings is 1. The monoisotopic (exact) mass is 481 g/mol. The SMILES string of the molecule is O=C(Nc1ccccc1S(=O)(=O)N1CCCCC1)c1nc(Cl)c(Cl)c(Cl)c1Cl. The first-order valence-corrected chi connectivity index (χ1v) is 11.3. The Morgan fingerprint density at radius 3 is 2.29 bits per heavy atom. The van der Waals surface area contributed by atoms with E-state index in [-0.39, 0.29) is 36.5 Å². The van der Waals surface area contributed by atoms with E-state index in [9.17, 15) is 13.2 Å². The van der Waals surface area contributed by atoms with E-state index in [1.165, 1.54) is 16.4 Å². The van der Waals surface area contributed by atoms with Crippen LogP contribution in [0, 0.1) is 0 Å². The van der Waals surface area contributed by atoms with Crippen molar-refractivity contribution in [3.63, 3.8) is 0 Å². The molecule has 1 saturated heterocycles. The van der Waals surface area contributed by atoms with Crippen molar-refractivity contribution in [2.24, 2.45) is 0 Å². The van der Waals surface area contributed by atoms with Gasteiger partial charge in [0.25, 0.3) is 5.91 Å². The third-order valence-corrected chi connectivity index (χ3v) is 7.90. The summed E-state index contributed by atoms with van der Waals surface area (Å²) >= 11 is 23.8. The summed E-state index contributed by atoms with van der Waals surface area (Å²) in [4.78, 5) is 16.5. The van der Waals surface area contributed by atoms with E-state index in [0.29, 0.717) is 13.1 Å². The molecule has 1 fully saturated rings. The van der Waals surface area contributed by atoms with E-state index in [4.69, 9.17) is 46.4 Å². The molecule has 0 atom stereocenters. The van der Waals surface area contributed by atoms with E-state index in [0.717, 1.165) is 19.3 Å². The largest absolute Gasteiger partial charge is 0.319 e. The number of nitrogens with one attached hydrogen (secondary N) is 1. The number of hydrogen-bond donors (Lipinski definition) is 1. The van der Waals surface area contributed by atoms with Crippen molar-refractivity contribution in [2.45, 2.75) is 24.2 Å². The lowest BCUT2D eigenvalue weighted by atomic mass is 10.2. The van der Waals surface area contributed by atoms with Crippen LogP contribution in [-0.2, 0) is 10.0 Å². The maximum Gasteiger partial charge on any atom is 0.275 e. The summed E-state index contributed by atoms with van der Waals surface area (Å²) in [5, 5.41) is 1.99. The van der Waals surface area contributed by atoms with Crippen LogP contribution in [-0.4, -0.2) is 36.7 Å². The minimum atomic E-state index is -3.76. The number of anilines is 1. The maximum absolute atomic E-state index is 13.0. The van der Waals surface area contributed by atoms with Crippen LogP contribution >= 0.6 is 46.4 Å². The molecule has 3 rings (SSSR count). The summed E-state index contributed by atoms with van der Waals surface area (Å²) in [6.07, 6.45) is 2.59. The van der Waals surface area contributed by atoms with Gasteiger partial charge in [0.2, 0.25) is 10.0 Å². The molecule has 2 aromatic rings. The topological polar surface area (TPSA) is 79.4 Å². The number of carbonyl (C=O) groups is 1. The number of pyridine rings is 1. The summed E-state index contributed by atoms with van der Waals surface area (Å²) < 4.78 is 27.5. The summed E-state index contributed by atoms with van der Waals surface area (Å²) in [5.74, 6) is -0.758. The Kier molecular flexibility index (Phi) is 6.74. The van der Waals surface area contributed by atoms with Crippen molar-refractivity contribution in [3.05, 3.63) is 50.2 Å². The van der Waals surface area contributed by atoms with Crippen molar-refractivity contribution < 1.29 is 13.2 Å². The molecule has 1 aliphatic rings. The van der Waals surface area contributed by atoms with Crippen LogP contribution in [0.2, 0.25) is 20.2 Å². The second kappa shape index (κ2) is 8.73. The molecule has 0 saturated carbocycles. The molecule has 1 aromatic carbocycles. The van der Waals surface area contributed by atoms with Crippen molar-refractivity contribution in [1.29, 1.82) is 0 Å². The number of carbonyl (C=O) groups excluding carboxylic acids is 1. The normalized spacial score (nSPS) is 15.4. The Morgan fingerprint density at radius 2 is 1.61 bits per heavy atom. The minimum Gasteiger partial charge on any atom is -0.319 e. The number of rotatable bonds is 4. The molecule has 150 valence electrons. The highest BCUT2D eigenvalue weighted by Crippen LogP contribution is 2.36. The van der Waals surface area contributed by atoms with Gasteiger partial charge in [-0.3, -0.25) is 4.79 Å². The molecule has 28 heavy (non-hydrogen) atoms. The lowest BCUT2D eigenvalue weighted by molar-refractivity contribution is 0.102. The van der Waals surface area contributed by atoms with E-state index in [2.05, 4.69) is 10.3 Å². The molecule has 6 nitrogen and oxygen atoms in total. The molecule has 1 N–H and O–H groups in total. The molecule has 0 unspecified atom stereocenters. The fraction of sp³-hybridized carbons (Fsp3) is 0.294. The van der Waals surface area contributed by atoms with Crippen LogP contribution in [0.4, 0.5) is 5.69 Å². The van der Waals surface area contributed by atoms with Gasteiger partial charge < -0.3 is 5.32 Å². The van der Waals surface area contributed by atoms with Crippen LogP contribution in [0.25, 0.3) is 0 Å². The molecule has 0 aliphatic carbocycles. The van der Waals surface area contributed by atoms with Gasteiger partial charge in [0.05, 0.1) is 20.8 Å². The zero-order chi connectivity index (χ0) is 20.5.